The van der Waals surface area contributed by atoms with E-state index in [4.69, 9.17) is 4.74 Å². The van der Waals surface area contributed by atoms with Gasteiger partial charge in [-0.1, -0.05) is 0 Å². The molecule has 0 spiro atoms. The van der Waals surface area contributed by atoms with E-state index in [1.54, 1.807) is 11.3 Å². The highest BCUT2D eigenvalue weighted by Gasteiger charge is 2.09. The molecule has 2 aromatic rings. The summed E-state index contributed by atoms with van der Waals surface area (Å²) in [6, 6.07) is 1.98. The Labute approximate surface area is 110 Å². The minimum absolute atomic E-state index is 0.195. The second-order valence-electron chi connectivity index (χ2n) is 3.16. The van der Waals surface area contributed by atoms with Crippen molar-refractivity contribution in [2.75, 3.05) is 12.4 Å². The number of hydrogen-bond donors (Lipinski definition) is 2. The molecule has 0 saturated carbocycles. The van der Waals surface area contributed by atoms with Crippen molar-refractivity contribution in [2.45, 2.75) is 6.54 Å². The zero-order valence-electron chi connectivity index (χ0n) is 8.99. The fourth-order valence-electron chi connectivity index (χ4n) is 1.32. The molecule has 2 rings (SSSR count). The first-order valence-electron chi connectivity index (χ1n) is 4.79. The molecule has 2 heterocycles. The number of aromatic amines is 1. The Balaban J connectivity index is 2.17. The van der Waals surface area contributed by atoms with Gasteiger partial charge in [-0.2, -0.15) is 0 Å². The van der Waals surface area contributed by atoms with Crippen molar-refractivity contribution in [1.82, 2.24) is 9.97 Å². The Kier molecular flexibility index (Phi) is 3.80. The number of rotatable bonds is 4. The van der Waals surface area contributed by atoms with Crippen LogP contribution in [0.4, 0.5) is 5.82 Å². The van der Waals surface area contributed by atoms with Gasteiger partial charge in [0.2, 0.25) is 5.75 Å². The third-order valence-electron chi connectivity index (χ3n) is 2.12. The van der Waals surface area contributed by atoms with Crippen molar-refractivity contribution < 1.29 is 4.74 Å². The minimum Gasteiger partial charge on any atom is -0.489 e. The number of halogens is 1. The van der Waals surface area contributed by atoms with Gasteiger partial charge in [0.15, 0.2) is 5.82 Å². The van der Waals surface area contributed by atoms with Crippen LogP contribution in [0.1, 0.15) is 4.88 Å². The first-order valence-corrected chi connectivity index (χ1v) is 6.47. The molecular formula is C10H10BrN3O2S. The lowest BCUT2D eigenvalue weighted by atomic mass is 10.4. The first-order chi connectivity index (χ1) is 8.22. The summed E-state index contributed by atoms with van der Waals surface area (Å²) in [7, 11) is 1.44. The molecule has 0 aromatic carbocycles. The SMILES string of the molecule is COc1c(NCc2sccc2Br)nc[nH]c1=O. The molecule has 0 bridgehead atoms. The van der Waals surface area contributed by atoms with Gasteiger partial charge >= 0.3 is 0 Å². The van der Waals surface area contributed by atoms with E-state index in [2.05, 4.69) is 31.2 Å². The second-order valence-corrected chi connectivity index (χ2v) is 5.01. The standard InChI is InChI=1S/C10H10BrN3O2S/c1-16-8-9(13-5-14-10(8)15)12-4-7-6(11)2-3-17-7/h2-3,5H,4H2,1H3,(H2,12,13,14,15). The normalized spacial score (nSPS) is 10.2. The van der Waals surface area contributed by atoms with Crippen LogP contribution in [0.25, 0.3) is 0 Å². The van der Waals surface area contributed by atoms with Crippen LogP contribution >= 0.6 is 27.3 Å². The molecule has 0 amide bonds. The van der Waals surface area contributed by atoms with Gasteiger partial charge in [0.1, 0.15) is 0 Å². The van der Waals surface area contributed by atoms with Crippen molar-refractivity contribution in [3.05, 3.63) is 37.5 Å². The van der Waals surface area contributed by atoms with Crippen LogP contribution in [0.3, 0.4) is 0 Å². The number of thiophene rings is 1. The number of aromatic nitrogens is 2. The van der Waals surface area contributed by atoms with Crippen LogP contribution < -0.4 is 15.6 Å². The lowest BCUT2D eigenvalue weighted by Crippen LogP contribution is -2.13. The predicted octanol–water partition coefficient (Wildman–Crippen LogP) is 2.21. The van der Waals surface area contributed by atoms with Crippen LogP contribution in [0.15, 0.2) is 27.0 Å². The molecule has 0 aliphatic rings. The van der Waals surface area contributed by atoms with E-state index in [1.165, 1.54) is 13.4 Å². The van der Waals surface area contributed by atoms with E-state index in [-0.39, 0.29) is 11.3 Å². The maximum Gasteiger partial charge on any atom is 0.295 e. The van der Waals surface area contributed by atoms with E-state index < -0.39 is 0 Å². The average Bonchev–Trinajstić information content (AvgIpc) is 2.72. The van der Waals surface area contributed by atoms with Crippen molar-refractivity contribution in [2.24, 2.45) is 0 Å². The molecule has 0 aliphatic carbocycles. The van der Waals surface area contributed by atoms with Crippen molar-refractivity contribution in [1.29, 1.82) is 0 Å². The lowest BCUT2D eigenvalue weighted by Gasteiger charge is -2.07. The first kappa shape index (κ1) is 12.1. The molecule has 0 radical (unpaired) electrons. The molecule has 0 fully saturated rings. The van der Waals surface area contributed by atoms with Crippen LogP contribution in [0.2, 0.25) is 0 Å². The molecule has 7 heteroatoms. The minimum atomic E-state index is -0.296. The van der Waals surface area contributed by atoms with Gasteiger partial charge in [0.25, 0.3) is 5.56 Å². The largest absolute Gasteiger partial charge is 0.489 e. The Morgan fingerprint density at radius 1 is 1.65 bits per heavy atom. The highest BCUT2D eigenvalue weighted by molar-refractivity contribution is 9.10. The van der Waals surface area contributed by atoms with Crippen molar-refractivity contribution >= 4 is 33.1 Å². The predicted molar refractivity (Wildman–Crippen MR) is 70.8 cm³/mol. The van der Waals surface area contributed by atoms with Crippen LogP contribution in [-0.4, -0.2) is 17.1 Å². The Hall–Kier alpha value is -1.34. The van der Waals surface area contributed by atoms with E-state index in [9.17, 15) is 4.79 Å². The Bertz CT molecular complexity index is 567. The van der Waals surface area contributed by atoms with Crippen LogP contribution in [0.5, 0.6) is 5.75 Å². The molecular weight excluding hydrogens is 306 g/mol. The molecule has 0 saturated heterocycles. The van der Waals surface area contributed by atoms with Gasteiger partial charge in [-0.15, -0.1) is 11.3 Å². The highest BCUT2D eigenvalue weighted by Crippen LogP contribution is 2.24. The number of nitrogens with zero attached hydrogens (tertiary/aromatic N) is 1. The number of nitrogens with one attached hydrogen (secondary N) is 2. The highest BCUT2D eigenvalue weighted by atomic mass is 79.9. The lowest BCUT2D eigenvalue weighted by molar-refractivity contribution is 0.408. The molecule has 5 nitrogen and oxygen atoms in total. The van der Waals surface area contributed by atoms with Crippen LogP contribution in [-0.2, 0) is 6.54 Å². The number of hydrogen-bond acceptors (Lipinski definition) is 5. The molecule has 90 valence electrons. The molecule has 0 unspecified atom stereocenters. The number of anilines is 1. The van der Waals surface area contributed by atoms with E-state index in [1.807, 2.05) is 11.4 Å². The third kappa shape index (κ3) is 2.67. The molecule has 2 N–H and O–H groups in total. The number of H-pyrrole nitrogens is 1. The maximum absolute atomic E-state index is 11.4. The zero-order chi connectivity index (χ0) is 12.3. The van der Waals surface area contributed by atoms with E-state index in [0.29, 0.717) is 12.4 Å². The van der Waals surface area contributed by atoms with Crippen LogP contribution in [0, 0.1) is 0 Å². The quantitative estimate of drug-likeness (QED) is 0.907. The molecule has 17 heavy (non-hydrogen) atoms. The second kappa shape index (κ2) is 5.33. The van der Waals surface area contributed by atoms with Gasteiger partial charge in [0.05, 0.1) is 20.0 Å². The molecule has 0 aliphatic heterocycles. The summed E-state index contributed by atoms with van der Waals surface area (Å²) in [6.45, 7) is 0.588. The number of methoxy groups -OCH3 is 1. The smallest absolute Gasteiger partial charge is 0.295 e. The van der Waals surface area contributed by atoms with E-state index in [0.717, 1.165) is 9.35 Å². The topological polar surface area (TPSA) is 67.0 Å². The monoisotopic (exact) mass is 315 g/mol. The summed E-state index contributed by atoms with van der Waals surface area (Å²) < 4.78 is 6.04. The zero-order valence-corrected chi connectivity index (χ0v) is 11.4. The summed E-state index contributed by atoms with van der Waals surface area (Å²) in [5.41, 5.74) is -0.296. The van der Waals surface area contributed by atoms with Gasteiger partial charge in [-0.25, -0.2) is 4.98 Å². The summed E-state index contributed by atoms with van der Waals surface area (Å²) in [5, 5.41) is 5.06. The average molecular weight is 316 g/mol. The van der Waals surface area contributed by atoms with Gasteiger partial charge in [0, 0.05) is 9.35 Å². The Morgan fingerprint density at radius 2 is 2.47 bits per heavy atom. The summed E-state index contributed by atoms with van der Waals surface area (Å²) in [6.07, 6.45) is 1.34. The van der Waals surface area contributed by atoms with Gasteiger partial charge in [-0.05, 0) is 27.4 Å². The molecule has 0 atom stereocenters. The fourth-order valence-corrected chi connectivity index (χ4v) is 2.75. The maximum atomic E-state index is 11.4. The van der Waals surface area contributed by atoms with Gasteiger partial charge in [-0.3, -0.25) is 4.79 Å². The van der Waals surface area contributed by atoms with Crippen molar-refractivity contribution in [3.63, 3.8) is 0 Å². The Morgan fingerprint density at radius 3 is 3.12 bits per heavy atom. The molecule has 2 aromatic heterocycles. The van der Waals surface area contributed by atoms with Gasteiger partial charge < -0.3 is 15.0 Å². The summed E-state index contributed by atoms with van der Waals surface area (Å²) in [4.78, 5) is 19.1. The van der Waals surface area contributed by atoms with E-state index >= 15 is 0 Å². The summed E-state index contributed by atoms with van der Waals surface area (Å²) >= 11 is 5.06. The fraction of sp³-hybridized carbons (Fsp3) is 0.200. The van der Waals surface area contributed by atoms with Crippen molar-refractivity contribution in [3.8, 4) is 5.75 Å². The third-order valence-corrected chi connectivity index (χ3v) is 4.05. The summed E-state index contributed by atoms with van der Waals surface area (Å²) in [5.74, 6) is 0.636. The number of ether oxygens (including phenoxy) is 1.